The fraction of sp³-hybridized carbons (Fsp3) is 0.500. The molecule has 0 radical (unpaired) electrons. The number of rotatable bonds is 4. The molecule has 0 N–H and O–H groups in total. The smallest absolute Gasteiger partial charge is 0.266 e. The van der Waals surface area contributed by atoms with Gasteiger partial charge in [0.05, 0.1) is 0 Å². The standard InChI is InChI=1S/C14H20FNO2/c1-10(2)16(5)13(17)14(3,4)18-12-8-6-11(15)7-9-12/h6-10H,1-5H3. The molecule has 0 fully saturated rings. The number of carbonyl (C=O) groups excluding carboxylic acids is 1. The van der Waals surface area contributed by atoms with Crippen molar-refractivity contribution in [1.82, 2.24) is 4.90 Å². The van der Waals surface area contributed by atoms with E-state index in [-0.39, 0.29) is 17.8 Å². The van der Waals surface area contributed by atoms with Gasteiger partial charge < -0.3 is 9.64 Å². The number of benzene rings is 1. The lowest BCUT2D eigenvalue weighted by Gasteiger charge is -2.32. The van der Waals surface area contributed by atoms with Gasteiger partial charge in [-0.15, -0.1) is 0 Å². The highest BCUT2D eigenvalue weighted by Gasteiger charge is 2.33. The highest BCUT2D eigenvalue weighted by atomic mass is 19.1. The maximum Gasteiger partial charge on any atom is 0.266 e. The van der Waals surface area contributed by atoms with Crippen molar-refractivity contribution in [3.63, 3.8) is 0 Å². The molecule has 0 aromatic heterocycles. The van der Waals surface area contributed by atoms with Crippen LogP contribution in [0.4, 0.5) is 4.39 Å². The first-order valence-electron chi connectivity index (χ1n) is 5.96. The third-order valence-electron chi connectivity index (χ3n) is 2.80. The lowest BCUT2D eigenvalue weighted by molar-refractivity contribution is -0.145. The molecule has 1 amide bonds. The molecule has 100 valence electrons. The number of hydrogen-bond donors (Lipinski definition) is 0. The summed E-state index contributed by atoms with van der Waals surface area (Å²) in [5.74, 6) is 0.0412. The molecule has 0 bridgehead atoms. The first-order valence-corrected chi connectivity index (χ1v) is 5.96. The fourth-order valence-electron chi connectivity index (χ4n) is 1.50. The second-order valence-corrected chi connectivity index (χ2v) is 5.08. The normalized spacial score (nSPS) is 11.5. The van der Waals surface area contributed by atoms with Crippen LogP contribution >= 0.6 is 0 Å². The lowest BCUT2D eigenvalue weighted by atomic mass is 10.1. The van der Waals surface area contributed by atoms with Gasteiger partial charge in [0, 0.05) is 13.1 Å². The molecular formula is C14H20FNO2. The number of likely N-dealkylation sites (N-methyl/N-ethyl adjacent to an activating group) is 1. The number of amides is 1. The largest absolute Gasteiger partial charge is 0.478 e. The van der Waals surface area contributed by atoms with Crippen molar-refractivity contribution in [3.05, 3.63) is 30.1 Å². The number of nitrogens with zero attached hydrogens (tertiary/aromatic N) is 1. The molecule has 1 aromatic rings. The second kappa shape index (κ2) is 5.38. The summed E-state index contributed by atoms with van der Waals surface area (Å²) >= 11 is 0. The van der Waals surface area contributed by atoms with Crippen molar-refractivity contribution in [1.29, 1.82) is 0 Å². The van der Waals surface area contributed by atoms with Crippen molar-refractivity contribution in [3.8, 4) is 5.75 Å². The summed E-state index contributed by atoms with van der Waals surface area (Å²) in [4.78, 5) is 13.8. The topological polar surface area (TPSA) is 29.5 Å². The van der Waals surface area contributed by atoms with Crippen LogP contribution in [0.1, 0.15) is 27.7 Å². The van der Waals surface area contributed by atoms with Gasteiger partial charge in [-0.05, 0) is 52.0 Å². The number of ether oxygens (including phenoxy) is 1. The van der Waals surface area contributed by atoms with Crippen molar-refractivity contribution in [2.75, 3.05) is 7.05 Å². The zero-order valence-corrected chi connectivity index (χ0v) is 11.5. The molecule has 0 saturated heterocycles. The summed E-state index contributed by atoms with van der Waals surface area (Å²) in [6.07, 6.45) is 0. The SMILES string of the molecule is CC(C)N(C)C(=O)C(C)(C)Oc1ccc(F)cc1. The fourth-order valence-corrected chi connectivity index (χ4v) is 1.50. The molecule has 4 heteroatoms. The number of halogens is 1. The average molecular weight is 253 g/mol. The maximum atomic E-state index is 12.8. The molecule has 0 aliphatic rings. The first-order chi connectivity index (χ1) is 8.24. The Morgan fingerprint density at radius 2 is 1.78 bits per heavy atom. The summed E-state index contributed by atoms with van der Waals surface area (Å²) in [7, 11) is 1.74. The molecule has 0 atom stereocenters. The van der Waals surface area contributed by atoms with Crippen LogP contribution in [0.2, 0.25) is 0 Å². The monoisotopic (exact) mass is 253 g/mol. The third-order valence-corrected chi connectivity index (χ3v) is 2.80. The minimum Gasteiger partial charge on any atom is -0.478 e. The molecule has 18 heavy (non-hydrogen) atoms. The molecule has 0 aliphatic carbocycles. The second-order valence-electron chi connectivity index (χ2n) is 5.08. The predicted octanol–water partition coefficient (Wildman–Crippen LogP) is 2.85. The quantitative estimate of drug-likeness (QED) is 0.825. The number of hydrogen-bond acceptors (Lipinski definition) is 2. The van der Waals surface area contributed by atoms with E-state index < -0.39 is 5.60 Å². The van der Waals surface area contributed by atoms with Gasteiger partial charge in [-0.3, -0.25) is 4.79 Å². The van der Waals surface area contributed by atoms with Gasteiger partial charge in [0.1, 0.15) is 11.6 Å². The minimum absolute atomic E-state index is 0.105. The van der Waals surface area contributed by atoms with E-state index in [2.05, 4.69) is 0 Å². The molecule has 0 spiro atoms. The van der Waals surface area contributed by atoms with E-state index in [1.807, 2.05) is 13.8 Å². The Labute approximate surface area is 108 Å². The van der Waals surface area contributed by atoms with E-state index in [1.54, 1.807) is 25.8 Å². The van der Waals surface area contributed by atoms with E-state index in [0.717, 1.165) is 0 Å². The van der Waals surface area contributed by atoms with Crippen LogP contribution in [0.5, 0.6) is 5.75 Å². The van der Waals surface area contributed by atoms with Crippen LogP contribution < -0.4 is 4.74 Å². The summed E-state index contributed by atoms with van der Waals surface area (Å²) in [5.41, 5.74) is -0.975. The van der Waals surface area contributed by atoms with Gasteiger partial charge >= 0.3 is 0 Å². The Morgan fingerprint density at radius 1 is 1.28 bits per heavy atom. The van der Waals surface area contributed by atoms with Crippen LogP contribution in [0.3, 0.4) is 0 Å². The Hall–Kier alpha value is -1.58. The average Bonchev–Trinajstić information content (AvgIpc) is 2.29. The molecular weight excluding hydrogens is 233 g/mol. The zero-order chi connectivity index (χ0) is 13.9. The third kappa shape index (κ3) is 3.45. The molecule has 1 rings (SSSR count). The highest BCUT2D eigenvalue weighted by Crippen LogP contribution is 2.20. The highest BCUT2D eigenvalue weighted by molar-refractivity contribution is 5.84. The van der Waals surface area contributed by atoms with Crippen LogP contribution in [0, 0.1) is 5.82 Å². The molecule has 0 saturated carbocycles. The van der Waals surface area contributed by atoms with E-state index in [1.165, 1.54) is 24.3 Å². The Bertz CT molecular complexity index is 412. The molecule has 0 aliphatic heterocycles. The summed E-state index contributed by atoms with van der Waals surface area (Å²) in [6.45, 7) is 7.28. The van der Waals surface area contributed by atoms with Crippen molar-refractivity contribution < 1.29 is 13.9 Å². The molecule has 1 aromatic carbocycles. The van der Waals surface area contributed by atoms with Crippen LogP contribution in [-0.4, -0.2) is 29.5 Å². The van der Waals surface area contributed by atoms with Gasteiger partial charge in [-0.2, -0.15) is 0 Å². The van der Waals surface area contributed by atoms with Crippen molar-refractivity contribution in [2.45, 2.75) is 39.3 Å². The van der Waals surface area contributed by atoms with Crippen LogP contribution in [0.15, 0.2) is 24.3 Å². The van der Waals surface area contributed by atoms with Crippen LogP contribution in [0.25, 0.3) is 0 Å². The molecule has 3 nitrogen and oxygen atoms in total. The van der Waals surface area contributed by atoms with Crippen LogP contribution in [-0.2, 0) is 4.79 Å². The van der Waals surface area contributed by atoms with Gasteiger partial charge in [-0.1, -0.05) is 0 Å². The Balaban J connectivity index is 2.81. The van der Waals surface area contributed by atoms with E-state index in [0.29, 0.717) is 5.75 Å². The van der Waals surface area contributed by atoms with E-state index in [9.17, 15) is 9.18 Å². The zero-order valence-electron chi connectivity index (χ0n) is 11.5. The summed E-state index contributed by atoms with van der Waals surface area (Å²) < 4.78 is 18.4. The summed E-state index contributed by atoms with van der Waals surface area (Å²) in [5, 5.41) is 0. The molecule has 0 heterocycles. The van der Waals surface area contributed by atoms with Gasteiger partial charge in [0.2, 0.25) is 0 Å². The van der Waals surface area contributed by atoms with Gasteiger partial charge in [-0.25, -0.2) is 4.39 Å². The summed E-state index contributed by atoms with van der Waals surface area (Å²) in [6, 6.07) is 5.75. The Kier molecular flexibility index (Phi) is 4.33. The predicted molar refractivity (Wildman–Crippen MR) is 69.0 cm³/mol. The number of carbonyl (C=O) groups is 1. The first kappa shape index (κ1) is 14.5. The van der Waals surface area contributed by atoms with Gasteiger partial charge in [0.15, 0.2) is 5.60 Å². The molecule has 0 unspecified atom stereocenters. The minimum atomic E-state index is -0.975. The van der Waals surface area contributed by atoms with Gasteiger partial charge in [0.25, 0.3) is 5.91 Å². The maximum absolute atomic E-state index is 12.8. The van der Waals surface area contributed by atoms with Crippen molar-refractivity contribution in [2.24, 2.45) is 0 Å². The lowest BCUT2D eigenvalue weighted by Crippen LogP contribution is -2.49. The Morgan fingerprint density at radius 3 is 2.22 bits per heavy atom. The van der Waals surface area contributed by atoms with E-state index in [4.69, 9.17) is 4.74 Å². The van der Waals surface area contributed by atoms with E-state index >= 15 is 0 Å². The van der Waals surface area contributed by atoms with Crippen molar-refractivity contribution >= 4 is 5.91 Å².